The number of rotatable bonds is 5. The molecule has 94 valence electrons. The predicted octanol–water partition coefficient (Wildman–Crippen LogP) is 2.82. The van der Waals surface area contributed by atoms with Crippen LogP contribution in [0, 0.1) is 6.92 Å². The van der Waals surface area contributed by atoms with E-state index in [4.69, 9.17) is 4.74 Å². The number of aryl methyl sites for hydroxylation is 1. The fourth-order valence-electron chi connectivity index (χ4n) is 2.45. The summed E-state index contributed by atoms with van der Waals surface area (Å²) in [5, 5.41) is 3.66. The summed E-state index contributed by atoms with van der Waals surface area (Å²) in [6.07, 6.45) is 5.15. The Kier molecular flexibility index (Phi) is 3.67. The van der Waals surface area contributed by atoms with Crippen LogP contribution in [0.25, 0.3) is 0 Å². The molecule has 1 aliphatic rings. The summed E-state index contributed by atoms with van der Waals surface area (Å²) in [4.78, 5) is 4.54. The van der Waals surface area contributed by atoms with Gasteiger partial charge in [0.15, 0.2) is 0 Å². The van der Waals surface area contributed by atoms with Gasteiger partial charge in [-0.05, 0) is 32.6 Å². The zero-order chi connectivity index (χ0) is 12.3. The van der Waals surface area contributed by atoms with E-state index >= 15 is 0 Å². The van der Waals surface area contributed by atoms with Crippen molar-refractivity contribution >= 4 is 0 Å². The van der Waals surface area contributed by atoms with Crippen molar-refractivity contribution in [2.24, 2.45) is 0 Å². The van der Waals surface area contributed by atoms with Crippen molar-refractivity contribution in [2.75, 3.05) is 7.11 Å². The zero-order valence-electron chi connectivity index (χ0n) is 11.0. The van der Waals surface area contributed by atoms with Crippen LogP contribution in [0.2, 0.25) is 0 Å². The highest BCUT2D eigenvalue weighted by Crippen LogP contribution is 2.34. The molecule has 0 bridgehead atoms. The quantitative estimate of drug-likeness (QED) is 0.850. The Labute approximate surface area is 104 Å². The highest BCUT2D eigenvalue weighted by atomic mass is 16.5. The molecule has 1 fully saturated rings. The Morgan fingerprint density at radius 1 is 1.41 bits per heavy atom. The monoisotopic (exact) mass is 234 g/mol. The maximum Gasteiger partial charge on any atom is 0.122 e. The second-order valence-electron chi connectivity index (χ2n) is 4.98. The first-order valence-corrected chi connectivity index (χ1v) is 6.44. The average molecular weight is 234 g/mol. The third-order valence-electron chi connectivity index (χ3n) is 3.85. The maximum absolute atomic E-state index is 5.27. The van der Waals surface area contributed by atoms with Gasteiger partial charge in [0.05, 0.1) is 12.8 Å². The van der Waals surface area contributed by atoms with Crippen molar-refractivity contribution in [2.45, 2.75) is 51.6 Å². The smallest absolute Gasteiger partial charge is 0.122 e. The van der Waals surface area contributed by atoms with Gasteiger partial charge >= 0.3 is 0 Å². The molecule has 0 spiro atoms. The van der Waals surface area contributed by atoms with E-state index in [1.807, 2.05) is 19.1 Å². The molecule has 17 heavy (non-hydrogen) atoms. The van der Waals surface area contributed by atoms with E-state index in [1.54, 1.807) is 7.11 Å². The predicted molar refractivity (Wildman–Crippen MR) is 69.2 cm³/mol. The molecular formula is C14H22N2O. The normalized spacial score (nSPS) is 17.6. The fraction of sp³-hybridized carbons (Fsp3) is 0.643. The molecule has 3 nitrogen and oxygen atoms in total. The van der Waals surface area contributed by atoms with Crippen LogP contribution in [0.15, 0.2) is 12.1 Å². The Morgan fingerprint density at radius 2 is 2.18 bits per heavy atom. The fourth-order valence-corrected chi connectivity index (χ4v) is 2.45. The van der Waals surface area contributed by atoms with Crippen LogP contribution in [0.1, 0.15) is 44.0 Å². The largest absolute Gasteiger partial charge is 0.497 e. The van der Waals surface area contributed by atoms with E-state index in [0.717, 1.165) is 23.7 Å². The van der Waals surface area contributed by atoms with Crippen molar-refractivity contribution in [3.63, 3.8) is 0 Å². The lowest BCUT2D eigenvalue weighted by molar-refractivity contribution is 0.174. The van der Waals surface area contributed by atoms with Crippen molar-refractivity contribution in [1.82, 2.24) is 10.3 Å². The van der Waals surface area contributed by atoms with Gasteiger partial charge in [-0.2, -0.15) is 0 Å². The van der Waals surface area contributed by atoms with Gasteiger partial charge in [-0.15, -0.1) is 0 Å². The lowest BCUT2D eigenvalue weighted by Gasteiger charge is -2.42. The average Bonchev–Trinajstić information content (AvgIpc) is 2.27. The van der Waals surface area contributed by atoms with Crippen LogP contribution in [0.3, 0.4) is 0 Å². The Hall–Kier alpha value is -1.09. The number of pyridine rings is 1. The summed E-state index contributed by atoms with van der Waals surface area (Å²) in [7, 11) is 1.70. The number of methoxy groups -OCH3 is 1. The highest BCUT2D eigenvalue weighted by Gasteiger charge is 2.34. The molecule has 1 aromatic heterocycles. The van der Waals surface area contributed by atoms with Crippen molar-refractivity contribution in [3.8, 4) is 5.75 Å². The molecule has 0 saturated heterocycles. The molecule has 0 atom stereocenters. The summed E-state index contributed by atoms with van der Waals surface area (Å²) < 4.78 is 5.27. The molecule has 0 radical (unpaired) electrons. The van der Waals surface area contributed by atoms with Crippen LogP contribution < -0.4 is 10.1 Å². The molecule has 0 aromatic carbocycles. The maximum atomic E-state index is 5.27. The van der Waals surface area contributed by atoms with Crippen LogP contribution in [0.4, 0.5) is 0 Å². The minimum atomic E-state index is 0.374. The minimum Gasteiger partial charge on any atom is -0.497 e. The summed E-state index contributed by atoms with van der Waals surface area (Å²) in [5.74, 6) is 0.897. The Bertz CT molecular complexity index is 380. The SMILES string of the molecule is CCC1(NCc2cc(OC)cc(C)n2)CCC1. The highest BCUT2D eigenvalue weighted by molar-refractivity contribution is 5.26. The zero-order valence-corrected chi connectivity index (χ0v) is 11.0. The lowest BCUT2D eigenvalue weighted by atomic mass is 9.75. The second kappa shape index (κ2) is 5.05. The number of hydrogen-bond acceptors (Lipinski definition) is 3. The molecule has 2 rings (SSSR count). The first-order valence-electron chi connectivity index (χ1n) is 6.44. The summed E-state index contributed by atoms with van der Waals surface area (Å²) in [6.45, 7) is 5.10. The lowest BCUT2D eigenvalue weighted by Crippen LogP contribution is -2.49. The van der Waals surface area contributed by atoms with E-state index in [2.05, 4.69) is 17.2 Å². The summed E-state index contributed by atoms with van der Waals surface area (Å²) in [5.41, 5.74) is 2.46. The molecule has 3 heteroatoms. The molecule has 0 unspecified atom stereocenters. The third kappa shape index (κ3) is 2.78. The number of nitrogens with one attached hydrogen (secondary N) is 1. The second-order valence-corrected chi connectivity index (χ2v) is 4.98. The first-order chi connectivity index (χ1) is 8.17. The van der Waals surface area contributed by atoms with Crippen molar-refractivity contribution in [3.05, 3.63) is 23.5 Å². The van der Waals surface area contributed by atoms with E-state index in [-0.39, 0.29) is 0 Å². The molecule has 0 amide bonds. The Balaban J connectivity index is 2.01. The van der Waals surface area contributed by atoms with E-state index in [0.29, 0.717) is 5.54 Å². The summed E-state index contributed by atoms with van der Waals surface area (Å²) >= 11 is 0. The van der Waals surface area contributed by atoms with Gasteiger partial charge in [-0.3, -0.25) is 4.98 Å². The van der Waals surface area contributed by atoms with E-state index < -0.39 is 0 Å². The summed E-state index contributed by atoms with van der Waals surface area (Å²) in [6, 6.07) is 3.98. The van der Waals surface area contributed by atoms with Crippen LogP contribution >= 0.6 is 0 Å². The number of hydrogen-bond donors (Lipinski definition) is 1. The van der Waals surface area contributed by atoms with Gasteiger partial charge < -0.3 is 10.1 Å². The van der Waals surface area contributed by atoms with Crippen LogP contribution in [-0.4, -0.2) is 17.6 Å². The molecule has 1 heterocycles. The Morgan fingerprint density at radius 3 is 2.71 bits per heavy atom. The molecule has 0 aliphatic heterocycles. The van der Waals surface area contributed by atoms with Gasteiger partial charge in [-0.25, -0.2) is 0 Å². The van der Waals surface area contributed by atoms with Crippen LogP contribution in [0.5, 0.6) is 5.75 Å². The van der Waals surface area contributed by atoms with Gasteiger partial charge in [0.1, 0.15) is 5.75 Å². The van der Waals surface area contributed by atoms with Crippen molar-refractivity contribution < 1.29 is 4.74 Å². The number of aromatic nitrogens is 1. The topological polar surface area (TPSA) is 34.1 Å². The van der Waals surface area contributed by atoms with Crippen molar-refractivity contribution in [1.29, 1.82) is 0 Å². The molecule has 1 saturated carbocycles. The van der Waals surface area contributed by atoms with E-state index in [1.165, 1.54) is 25.7 Å². The van der Waals surface area contributed by atoms with E-state index in [9.17, 15) is 0 Å². The standard InChI is InChI=1S/C14H22N2O/c1-4-14(6-5-7-14)15-10-12-9-13(17-3)8-11(2)16-12/h8-9,15H,4-7,10H2,1-3H3. The first kappa shape index (κ1) is 12.4. The molecule has 1 aliphatic carbocycles. The van der Waals surface area contributed by atoms with Gasteiger partial charge in [0, 0.05) is 29.9 Å². The molecule has 1 N–H and O–H groups in total. The minimum absolute atomic E-state index is 0.374. The third-order valence-corrected chi connectivity index (χ3v) is 3.85. The van der Waals surface area contributed by atoms with Gasteiger partial charge in [0.25, 0.3) is 0 Å². The number of ether oxygens (including phenoxy) is 1. The van der Waals surface area contributed by atoms with Crippen LogP contribution in [-0.2, 0) is 6.54 Å². The molecule has 1 aromatic rings. The van der Waals surface area contributed by atoms with Gasteiger partial charge in [-0.1, -0.05) is 6.92 Å². The van der Waals surface area contributed by atoms with Gasteiger partial charge in [0.2, 0.25) is 0 Å². The molecular weight excluding hydrogens is 212 g/mol. The number of nitrogens with zero attached hydrogens (tertiary/aromatic N) is 1.